The van der Waals surface area contributed by atoms with Crippen molar-refractivity contribution in [3.05, 3.63) is 77.7 Å². The monoisotopic (exact) mass is 445 g/mol. The summed E-state index contributed by atoms with van der Waals surface area (Å²) in [5.41, 5.74) is 9.93. The van der Waals surface area contributed by atoms with Crippen molar-refractivity contribution in [2.45, 2.75) is 37.8 Å². The van der Waals surface area contributed by atoms with Crippen molar-refractivity contribution in [3.63, 3.8) is 0 Å². The highest BCUT2D eigenvalue weighted by molar-refractivity contribution is 5.93. The first kappa shape index (κ1) is 22.7. The topological polar surface area (TPSA) is 95.3 Å². The van der Waals surface area contributed by atoms with Gasteiger partial charge in [-0.15, -0.1) is 0 Å². The Kier molecular flexibility index (Phi) is 6.89. The van der Waals surface area contributed by atoms with Gasteiger partial charge in [0.25, 0.3) is 5.91 Å². The molecule has 7 heteroatoms. The SMILES string of the molecule is CN(C)C(=O)c1ccc(C[C@H](N)C(=O)N2CCCC[C@H]2c2ncc(-c3ccccc3)[nH]2)cc1. The van der Waals surface area contributed by atoms with E-state index >= 15 is 0 Å². The maximum Gasteiger partial charge on any atom is 0.253 e. The van der Waals surface area contributed by atoms with E-state index < -0.39 is 6.04 Å². The highest BCUT2D eigenvalue weighted by Gasteiger charge is 2.32. The lowest BCUT2D eigenvalue weighted by molar-refractivity contribution is -0.136. The first-order valence-electron chi connectivity index (χ1n) is 11.4. The molecule has 172 valence electrons. The molecule has 0 aliphatic carbocycles. The molecule has 3 N–H and O–H groups in total. The number of carbonyl (C=O) groups excluding carboxylic acids is 2. The molecule has 2 atom stereocenters. The lowest BCUT2D eigenvalue weighted by Gasteiger charge is -2.36. The molecule has 1 aliphatic heterocycles. The molecule has 2 heterocycles. The lowest BCUT2D eigenvalue weighted by atomic mass is 9.98. The Balaban J connectivity index is 1.46. The van der Waals surface area contributed by atoms with Gasteiger partial charge in [-0.3, -0.25) is 9.59 Å². The summed E-state index contributed by atoms with van der Waals surface area (Å²) in [6.45, 7) is 0.675. The van der Waals surface area contributed by atoms with Gasteiger partial charge < -0.3 is 20.5 Å². The van der Waals surface area contributed by atoms with E-state index in [0.717, 1.165) is 41.9 Å². The molecule has 0 unspecified atom stereocenters. The molecule has 1 aliphatic rings. The number of amides is 2. The van der Waals surface area contributed by atoms with E-state index in [1.54, 1.807) is 31.1 Å². The van der Waals surface area contributed by atoms with E-state index in [1.807, 2.05) is 53.6 Å². The minimum atomic E-state index is -0.649. The van der Waals surface area contributed by atoms with E-state index in [-0.39, 0.29) is 17.9 Å². The van der Waals surface area contributed by atoms with Crippen LogP contribution in [0.25, 0.3) is 11.3 Å². The number of aromatic nitrogens is 2. The second kappa shape index (κ2) is 10.0. The van der Waals surface area contributed by atoms with Crippen molar-refractivity contribution < 1.29 is 9.59 Å². The minimum absolute atomic E-state index is 0.0496. The average Bonchev–Trinajstić information content (AvgIpc) is 3.34. The molecular weight excluding hydrogens is 414 g/mol. The predicted octanol–water partition coefficient (Wildman–Crippen LogP) is 3.40. The van der Waals surface area contributed by atoms with Gasteiger partial charge in [0.05, 0.1) is 24.0 Å². The van der Waals surface area contributed by atoms with Crippen molar-refractivity contribution in [2.75, 3.05) is 20.6 Å². The third-order valence-corrected chi connectivity index (χ3v) is 6.16. The van der Waals surface area contributed by atoms with Crippen LogP contribution in [0.2, 0.25) is 0 Å². The number of rotatable bonds is 6. The summed E-state index contributed by atoms with van der Waals surface area (Å²) in [6.07, 6.45) is 5.13. The number of nitrogens with one attached hydrogen (secondary N) is 1. The maximum atomic E-state index is 13.3. The molecule has 7 nitrogen and oxygen atoms in total. The Morgan fingerprint density at radius 2 is 1.85 bits per heavy atom. The Labute approximate surface area is 194 Å². The molecule has 1 fully saturated rings. The number of imidazole rings is 1. The van der Waals surface area contributed by atoms with Crippen molar-refractivity contribution in [3.8, 4) is 11.3 Å². The van der Waals surface area contributed by atoms with Gasteiger partial charge in [0, 0.05) is 26.2 Å². The molecule has 1 saturated heterocycles. The van der Waals surface area contributed by atoms with E-state index in [9.17, 15) is 9.59 Å². The van der Waals surface area contributed by atoms with Gasteiger partial charge in [-0.1, -0.05) is 42.5 Å². The highest BCUT2D eigenvalue weighted by Crippen LogP contribution is 2.31. The van der Waals surface area contributed by atoms with Gasteiger partial charge >= 0.3 is 0 Å². The van der Waals surface area contributed by atoms with Crippen molar-refractivity contribution >= 4 is 11.8 Å². The van der Waals surface area contributed by atoms with Crippen LogP contribution >= 0.6 is 0 Å². The predicted molar refractivity (Wildman–Crippen MR) is 128 cm³/mol. The number of likely N-dealkylation sites (tertiary alicyclic amines) is 1. The summed E-state index contributed by atoms with van der Waals surface area (Å²) in [4.78, 5) is 36.9. The number of aromatic amines is 1. The van der Waals surface area contributed by atoms with E-state index in [4.69, 9.17) is 5.73 Å². The number of piperidine rings is 1. The summed E-state index contributed by atoms with van der Waals surface area (Å²) in [7, 11) is 3.45. The molecule has 0 radical (unpaired) electrons. The standard InChI is InChI=1S/C26H31N5O2/c1-30(2)25(32)20-13-11-18(12-14-20)16-21(27)26(33)31-15-7-6-10-23(31)24-28-17-22(29-24)19-8-4-3-5-9-19/h3-5,8-9,11-14,17,21,23H,6-7,10,15-16,27H2,1-2H3,(H,28,29)/t21-,23-/m0/s1. The molecule has 0 saturated carbocycles. The highest BCUT2D eigenvalue weighted by atomic mass is 16.2. The minimum Gasteiger partial charge on any atom is -0.345 e. The Morgan fingerprint density at radius 3 is 2.55 bits per heavy atom. The zero-order valence-corrected chi connectivity index (χ0v) is 19.2. The summed E-state index contributed by atoms with van der Waals surface area (Å²) < 4.78 is 0. The zero-order chi connectivity index (χ0) is 23.4. The van der Waals surface area contributed by atoms with Crippen molar-refractivity contribution in [1.82, 2.24) is 19.8 Å². The number of hydrogen-bond donors (Lipinski definition) is 2. The number of H-pyrrole nitrogens is 1. The average molecular weight is 446 g/mol. The first-order valence-corrected chi connectivity index (χ1v) is 11.4. The Hall–Kier alpha value is -3.45. The fourth-order valence-electron chi connectivity index (χ4n) is 4.35. The van der Waals surface area contributed by atoms with Crippen LogP contribution in [-0.4, -0.2) is 58.3 Å². The largest absolute Gasteiger partial charge is 0.345 e. The van der Waals surface area contributed by atoms with Crippen LogP contribution in [0.3, 0.4) is 0 Å². The number of benzene rings is 2. The Morgan fingerprint density at radius 1 is 1.12 bits per heavy atom. The molecule has 4 rings (SSSR count). The van der Waals surface area contributed by atoms with Gasteiger partial charge in [-0.25, -0.2) is 4.98 Å². The van der Waals surface area contributed by atoms with Gasteiger partial charge in [-0.05, 0) is 48.9 Å². The van der Waals surface area contributed by atoms with Crippen LogP contribution < -0.4 is 5.73 Å². The number of nitrogens with two attached hydrogens (primary N) is 1. The molecule has 0 bridgehead atoms. The third-order valence-electron chi connectivity index (χ3n) is 6.16. The normalized spacial score (nSPS) is 16.9. The maximum absolute atomic E-state index is 13.3. The quantitative estimate of drug-likeness (QED) is 0.608. The molecule has 2 aromatic carbocycles. The second-order valence-electron chi connectivity index (χ2n) is 8.80. The summed E-state index contributed by atoms with van der Waals surface area (Å²) in [5, 5.41) is 0. The van der Waals surface area contributed by atoms with E-state index in [0.29, 0.717) is 18.5 Å². The van der Waals surface area contributed by atoms with Crippen LogP contribution in [0.1, 0.15) is 47.1 Å². The fourth-order valence-corrected chi connectivity index (χ4v) is 4.35. The van der Waals surface area contributed by atoms with Gasteiger partial charge in [-0.2, -0.15) is 0 Å². The summed E-state index contributed by atoms with van der Waals surface area (Å²) >= 11 is 0. The van der Waals surface area contributed by atoms with Crippen LogP contribution in [0.15, 0.2) is 60.8 Å². The van der Waals surface area contributed by atoms with Crippen molar-refractivity contribution in [2.24, 2.45) is 5.73 Å². The van der Waals surface area contributed by atoms with Gasteiger partial charge in [0.1, 0.15) is 5.82 Å². The van der Waals surface area contributed by atoms with Crippen molar-refractivity contribution in [1.29, 1.82) is 0 Å². The molecule has 1 aromatic heterocycles. The summed E-state index contributed by atoms with van der Waals surface area (Å²) in [5.74, 6) is 0.692. The molecule has 3 aromatic rings. The molecule has 0 spiro atoms. The zero-order valence-electron chi connectivity index (χ0n) is 19.2. The second-order valence-corrected chi connectivity index (χ2v) is 8.80. The number of nitrogens with zero attached hydrogens (tertiary/aromatic N) is 3. The third kappa shape index (κ3) is 5.14. The first-order chi connectivity index (χ1) is 15.9. The van der Waals surface area contributed by atoms with Gasteiger partial charge in [0.15, 0.2) is 0 Å². The van der Waals surface area contributed by atoms with Crippen LogP contribution in [-0.2, 0) is 11.2 Å². The van der Waals surface area contributed by atoms with Crippen LogP contribution in [0.4, 0.5) is 0 Å². The number of carbonyl (C=O) groups is 2. The smallest absolute Gasteiger partial charge is 0.253 e. The van der Waals surface area contributed by atoms with Crippen LogP contribution in [0.5, 0.6) is 0 Å². The number of hydrogen-bond acceptors (Lipinski definition) is 4. The summed E-state index contributed by atoms with van der Waals surface area (Å²) in [6, 6.07) is 16.6. The van der Waals surface area contributed by atoms with Gasteiger partial charge in [0.2, 0.25) is 5.91 Å². The lowest BCUT2D eigenvalue weighted by Crippen LogP contribution is -2.48. The molecule has 2 amide bonds. The Bertz CT molecular complexity index is 1090. The van der Waals surface area contributed by atoms with Crippen LogP contribution in [0, 0.1) is 0 Å². The molecular formula is C26H31N5O2. The fraction of sp³-hybridized carbons (Fsp3) is 0.346. The van der Waals surface area contributed by atoms with E-state index in [1.165, 1.54) is 0 Å². The molecule has 33 heavy (non-hydrogen) atoms. The van der Waals surface area contributed by atoms with E-state index in [2.05, 4.69) is 9.97 Å².